The summed E-state index contributed by atoms with van der Waals surface area (Å²) in [5, 5.41) is 4.25. The Morgan fingerprint density at radius 3 is 1.77 bits per heavy atom. The largest absolute Gasteiger partial charge is 0.213 e. The Balaban J connectivity index is 2.63. The highest BCUT2D eigenvalue weighted by Crippen LogP contribution is 2.37. The van der Waals surface area contributed by atoms with Gasteiger partial charge in [-0.25, -0.2) is 10.0 Å². The van der Waals surface area contributed by atoms with Crippen molar-refractivity contribution < 1.29 is 0 Å². The van der Waals surface area contributed by atoms with E-state index in [9.17, 15) is 0 Å². The Hall–Kier alpha value is 0.450. The Morgan fingerprint density at radius 1 is 1.08 bits per heavy atom. The normalized spacial score (nSPS) is 30.6. The molecule has 1 fully saturated rings. The SMILES string of the molecule is C=CCN1C(S)SC(S)N1CC=C. The van der Waals surface area contributed by atoms with E-state index in [1.165, 1.54) is 0 Å². The van der Waals surface area contributed by atoms with Crippen LogP contribution in [-0.2, 0) is 0 Å². The van der Waals surface area contributed by atoms with Crippen LogP contribution >= 0.6 is 37.0 Å². The topological polar surface area (TPSA) is 6.48 Å². The average molecular weight is 234 g/mol. The summed E-state index contributed by atoms with van der Waals surface area (Å²) in [6.07, 6.45) is 3.73. The molecule has 0 aromatic rings. The van der Waals surface area contributed by atoms with Crippen LogP contribution in [0.2, 0.25) is 0 Å². The molecule has 0 saturated carbocycles. The third-order valence-corrected chi connectivity index (χ3v) is 3.95. The fourth-order valence-electron chi connectivity index (χ4n) is 1.16. The third kappa shape index (κ3) is 2.70. The number of hydrogen-bond donors (Lipinski definition) is 2. The summed E-state index contributed by atoms with van der Waals surface area (Å²) in [6, 6.07) is 0. The molecule has 1 rings (SSSR count). The molecule has 1 saturated heterocycles. The standard InChI is InChI=1S/C8H14N2S3/c1-3-5-9-7(11)13-8(12)10(9)6-4-2/h3-4,7-8,11-12H,1-2,5-6H2. The minimum atomic E-state index is 0.167. The highest BCUT2D eigenvalue weighted by atomic mass is 32.2. The van der Waals surface area contributed by atoms with Crippen molar-refractivity contribution in [2.45, 2.75) is 9.41 Å². The lowest BCUT2D eigenvalue weighted by Gasteiger charge is -2.28. The van der Waals surface area contributed by atoms with Gasteiger partial charge >= 0.3 is 0 Å². The number of rotatable bonds is 4. The summed E-state index contributed by atoms with van der Waals surface area (Å²) >= 11 is 10.6. The summed E-state index contributed by atoms with van der Waals surface area (Å²) in [6.45, 7) is 9.03. The molecule has 2 atom stereocenters. The summed E-state index contributed by atoms with van der Waals surface area (Å²) in [7, 11) is 0. The number of nitrogens with zero attached hydrogens (tertiary/aromatic N) is 2. The molecule has 0 aromatic carbocycles. The van der Waals surface area contributed by atoms with Crippen LogP contribution in [0.5, 0.6) is 0 Å². The van der Waals surface area contributed by atoms with E-state index in [0.29, 0.717) is 0 Å². The third-order valence-electron chi connectivity index (χ3n) is 1.72. The van der Waals surface area contributed by atoms with Crippen molar-refractivity contribution in [2.24, 2.45) is 0 Å². The summed E-state index contributed by atoms with van der Waals surface area (Å²) in [4.78, 5) is 0. The van der Waals surface area contributed by atoms with Crippen LogP contribution in [0.4, 0.5) is 0 Å². The van der Waals surface area contributed by atoms with Gasteiger partial charge in [0.25, 0.3) is 0 Å². The highest BCUT2D eigenvalue weighted by molar-refractivity contribution is 8.17. The van der Waals surface area contributed by atoms with Crippen LogP contribution in [0.15, 0.2) is 25.3 Å². The molecule has 74 valence electrons. The van der Waals surface area contributed by atoms with Gasteiger partial charge < -0.3 is 0 Å². The summed E-state index contributed by atoms with van der Waals surface area (Å²) < 4.78 is 0.334. The molecule has 0 amide bonds. The van der Waals surface area contributed by atoms with Crippen LogP contribution in [0.3, 0.4) is 0 Å². The van der Waals surface area contributed by atoms with E-state index >= 15 is 0 Å². The molecule has 2 nitrogen and oxygen atoms in total. The van der Waals surface area contributed by atoms with Crippen LogP contribution in [-0.4, -0.2) is 32.5 Å². The van der Waals surface area contributed by atoms with Crippen LogP contribution in [0, 0.1) is 0 Å². The predicted molar refractivity (Wildman–Crippen MR) is 66.9 cm³/mol. The van der Waals surface area contributed by atoms with E-state index in [2.05, 4.69) is 48.4 Å². The lowest BCUT2D eigenvalue weighted by atomic mass is 10.5. The van der Waals surface area contributed by atoms with E-state index in [-0.39, 0.29) is 9.41 Å². The quantitative estimate of drug-likeness (QED) is 0.568. The molecule has 0 spiro atoms. The number of thiol groups is 2. The smallest absolute Gasteiger partial charge is 0.116 e. The van der Waals surface area contributed by atoms with Crippen molar-refractivity contribution in [2.75, 3.05) is 13.1 Å². The molecule has 0 aromatic heterocycles. The second kappa shape index (κ2) is 5.36. The zero-order valence-corrected chi connectivity index (χ0v) is 9.94. The molecule has 0 radical (unpaired) electrons. The molecule has 5 heteroatoms. The van der Waals surface area contributed by atoms with Gasteiger partial charge in [0.2, 0.25) is 0 Å². The first-order chi connectivity index (χ1) is 6.20. The van der Waals surface area contributed by atoms with Gasteiger partial charge in [-0.15, -0.1) is 38.4 Å². The molecule has 0 aliphatic carbocycles. The van der Waals surface area contributed by atoms with Crippen molar-refractivity contribution in [3.05, 3.63) is 25.3 Å². The van der Waals surface area contributed by atoms with Crippen molar-refractivity contribution in [3.8, 4) is 0 Å². The molecule has 2 unspecified atom stereocenters. The van der Waals surface area contributed by atoms with Gasteiger partial charge in [-0.05, 0) is 0 Å². The first-order valence-electron chi connectivity index (χ1n) is 3.97. The van der Waals surface area contributed by atoms with Gasteiger partial charge in [0.1, 0.15) is 9.41 Å². The molecule has 13 heavy (non-hydrogen) atoms. The monoisotopic (exact) mass is 234 g/mol. The van der Waals surface area contributed by atoms with E-state index in [1.807, 2.05) is 12.2 Å². The number of hydrazine groups is 1. The maximum Gasteiger partial charge on any atom is 0.116 e. The van der Waals surface area contributed by atoms with Crippen molar-refractivity contribution in [3.63, 3.8) is 0 Å². The molecule has 0 bridgehead atoms. The second-order valence-corrected chi connectivity index (χ2v) is 5.45. The fraction of sp³-hybridized carbons (Fsp3) is 0.500. The van der Waals surface area contributed by atoms with Gasteiger partial charge in [0.05, 0.1) is 0 Å². The first-order valence-corrected chi connectivity index (χ1v) is 5.95. The highest BCUT2D eigenvalue weighted by Gasteiger charge is 2.34. The Morgan fingerprint density at radius 2 is 1.46 bits per heavy atom. The Labute approximate surface area is 94.8 Å². The van der Waals surface area contributed by atoms with Gasteiger partial charge in [0.15, 0.2) is 0 Å². The molecule has 1 heterocycles. The maximum absolute atomic E-state index is 4.45. The zero-order chi connectivity index (χ0) is 9.84. The van der Waals surface area contributed by atoms with Gasteiger partial charge in [0, 0.05) is 13.1 Å². The fourth-order valence-corrected chi connectivity index (χ4v) is 3.50. The van der Waals surface area contributed by atoms with Gasteiger partial charge in [-0.1, -0.05) is 23.9 Å². The molecular formula is C8H14N2S3. The van der Waals surface area contributed by atoms with Gasteiger partial charge in [-0.2, -0.15) is 0 Å². The van der Waals surface area contributed by atoms with E-state index in [1.54, 1.807) is 11.8 Å². The summed E-state index contributed by atoms with van der Waals surface area (Å²) in [5.41, 5.74) is 0. The first kappa shape index (κ1) is 11.5. The average Bonchev–Trinajstić information content (AvgIpc) is 2.33. The number of hydrogen-bond acceptors (Lipinski definition) is 5. The number of thioether (sulfide) groups is 1. The van der Waals surface area contributed by atoms with E-state index < -0.39 is 0 Å². The minimum Gasteiger partial charge on any atom is -0.213 e. The molecule has 1 aliphatic rings. The van der Waals surface area contributed by atoms with Crippen LogP contribution in [0.1, 0.15) is 0 Å². The van der Waals surface area contributed by atoms with E-state index in [0.717, 1.165) is 13.1 Å². The van der Waals surface area contributed by atoms with Crippen molar-refractivity contribution in [1.29, 1.82) is 0 Å². The molecular weight excluding hydrogens is 220 g/mol. The van der Waals surface area contributed by atoms with E-state index in [4.69, 9.17) is 0 Å². The maximum atomic E-state index is 4.45. The van der Waals surface area contributed by atoms with Gasteiger partial charge in [-0.3, -0.25) is 0 Å². The van der Waals surface area contributed by atoms with Crippen molar-refractivity contribution >= 4 is 37.0 Å². The Kier molecular flexibility index (Phi) is 4.75. The van der Waals surface area contributed by atoms with Crippen LogP contribution < -0.4 is 0 Å². The molecule has 1 aliphatic heterocycles. The lowest BCUT2D eigenvalue weighted by molar-refractivity contribution is 0.0363. The Bertz CT molecular complexity index is 178. The second-order valence-electron chi connectivity index (χ2n) is 2.61. The molecule has 0 N–H and O–H groups in total. The van der Waals surface area contributed by atoms with Crippen LogP contribution in [0.25, 0.3) is 0 Å². The summed E-state index contributed by atoms with van der Waals surface area (Å²) in [5.74, 6) is 0. The predicted octanol–water partition coefficient (Wildman–Crippen LogP) is 2.05. The van der Waals surface area contributed by atoms with Crippen molar-refractivity contribution in [1.82, 2.24) is 10.0 Å². The minimum absolute atomic E-state index is 0.167. The lowest BCUT2D eigenvalue weighted by Crippen LogP contribution is -2.41. The zero-order valence-electron chi connectivity index (χ0n) is 7.33.